The minimum absolute atomic E-state index is 0.374. The number of nitrogens with zero attached hydrogens (tertiary/aromatic N) is 2. The molecule has 0 saturated carbocycles. The molecule has 18 heavy (non-hydrogen) atoms. The molecule has 2 aromatic rings. The Balaban J connectivity index is 2.56. The van der Waals surface area contributed by atoms with Crippen LogP contribution < -0.4 is 11.3 Å². The number of nitrogens with one attached hydrogen (secondary N) is 1. The van der Waals surface area contributed by atoms with Gasteiger partial charge in [0.05, 0.1) is 27.4 Å². The third-order valence-corrected chi connectivity index (χ3v) is 3.57. The highest BCUT2D eigenvalue weighted by molar-refractivity contribution is 9.10. The van der Waals surface area contributed by atoms with Crippen molar-refractivity contribution in [2.45, 2.75) is 6.04 Å². The number of hydrazine groups is 1. The first kappa shape index (κ1) is 13.5. The van der Waals surface area contributed by atoms with Crippen molar-refractivity contribution in [1.29, 1.82) is 0 Å². The van der Waals surface area contributed by atoms with E-state index in [9.17, 15) is 4.39 Å². The molecule has 1 heterocycles. The van der Waals surface area contributed by atoms with E-state index in [1.54, 1.807) is 29.9 Å². The monoisotopic (exact) mass is 332 g/mol. The Bertz CT molecular complexity index is 553. The summed E-state index contributed by atoms with van der Waals surface area (Å²) in [5.41, 5.74) is 3.57. The fraction of sp³-hybridized carbons (Fsp3) is 0.182. The molecular weight excluding hydrogens is 323 g/mol. The molecule has 7 heteroatoms. The lowest BCUT2D eigenvalue weighted by molar-refractivity contribution is 0.530. The molecule has 0 bridgehead atoms. The maximum atomic E-state index is 14.1. The van der Waals surface area contributed by atoms with Crippen molar-refractivity contribution in [1.82, 2.24) is 15.2 Å². The Morgan fingerprint density at radius 2 is 2.28 bits per heavy atom. The molecule has 0 radical (unpaired) electrons. The summed E-state index contributed by atoms with van der Waals surface area (Å²) in [6.07, 6.45) is 1.50. The van der Waals surface area contributed by atoms with Gasteiger partial charge in [-0.15, -0.1) is 0 Å². The van der Waals surface area contributed by atoms with E-state index >= 15 is 0 Å². The van der Waals surface area contributed by atoms with Gasteiger partial charge in [-0.1, -0.05) is 23.7 Å². The highest BCUT2D eigenvalue weighted by atomic mass is 79.9. The molecule has 0 amide bonds. The average molecular weight is 334 g/mol. The zero-order valence-electron chi connectivity index (χ0n) is 9.49. The van der Waals surface area contributed by atoms with Gasteiger partial charge in [-0.05, 0) is 22.0 Å². The summed E-state index contributed by atoms with van der Waals surface area (Å²) in [6.45, 7) is 0. The van der Waals surface area contributed by atoms with Crippen LogP contribution in [0.5, 0.6) is 0 Å². The summed E-state index contributed by atoms with van der Waals surface area (Å²) < 4.78 is 16.0. The van der Waals surface area contributed by atoms with E-state index in [0.29, 0.717) is 20.8 Å². The number of benzene rings is 1. The quantitative estimate of drug-likeness (QED) is 0.670. The number of rotatable bonds is 3. The number of aryl methyl sites for hydroxylation is 1. The molecule has 0 aliphatic heterocycles. The summed E-state index contributed by atoms with van der Waals surface area (Å²) in [5, 5.41) is 4.45. The van der Waals surface area contributed by atoms with Gasteiger partial charge < -0.3 is 0 Å². The number of halogens is 3. The van der Waals surface area contributed by atoms with Gasteiger partial charge in [0.2, 0.25) is 0 Å². The van der Waals surface area contributed by atoms with Crippen LogP contribution in [0.4, 0.5) is 4.39 Å². The van der Waals surface area contributed by atoms with Gasteiger partial charge in [-0.2, -0.15) is 5.10 Å². The van der Waals surface area contributed by atoms with E-state index in [-0.39, 0.29) is 5.82 Å². The van der Waals surface area contributed by atoms with Crippen LogP contribution >= 0.6 is 27.5 Å². The molecule has 0 aliphatic rings. The molecule has 96 valence electrons. The van der Waals surface area contributed by atoms with Crippen LogP contribution in [0.2, 0.25) is 5.02 Å². The lowest BCUT2D eigenvalue weighted by Gasteiger charge is -2.18. The maximum Gasteiger partial charge on any atom is 0.142 e. The first-order valence-corrected chi connectivity index (χ1v) is 6.30. The van der Waals surface area contributed by atoms with Crippen molar-refractivity contribution < 1.29 is 4.39 Å². The molecule has 3 N–H and O–H groups in total. The van der Waals surface area contributed by atoms with Crippen LogP contribution in [0.15, 0.2) is 28.9 Å². The van der Waals surface area contributed by atoms with Crippen molar-refractivity contribution in [2.24, 2.45) is 12.9 Å². The molecule has 4 nitrogen and oxygen atoms in total. The molecule has 0 fully saturated rings. The fourth-order valence-corrected chi connectivity index (χ4v) is 2.46. The molecule has 0 saturated heterocycles. The van der Waals surface area contributed by atoms with Crippen molar-refractivity contribution >= 4 is 27.5 Å². The van der Waals surface area contributed by atoms with Crippen LogP contribution in [0, 0.1) is 5.82 Å². The van der Waals surface area contributed by atoms with Gasteiger partial charge >= 0.3 is 0 Å². The molecule has 0 aliphatic carbocycles. The highest BCUT2D eigenvalue weighted by Crippen LogP contribution is 2.31. The van der Waals surface area contributed by atoms with Gasteiger partial charge in [0.15, 0.2) is 0 Å². The van der Waals surface area contributed by atoms with Gasteiger partial charge in [0, 0.05) is 12.6 Å². The third-order valence-electron chi connectivity index (χ3n) is 2.67. The molecule has 1 aromatic heterocycles. The lowest BCUT2D eigenvalue weighted by Crippen LogP contribution is -2.31. The van der Waals surface area contributed by atoms with E-state index < -0.39 is 6.04 Å². The van der Waals surface area contributed by atoms with Gasteiger partial charge in [0.1, 0.15) is 5.82 Å². The van der Waals surface area contributed by atoms with Crippen LogP contribution in [-0.2, 0) is 7.05 Å². The topological polar surface area (TPSA) is 55.9 Å². The van der Waals surface area contributed by atoms with Crippen molar-refractivity contribution in [2.75, 3.05) is 0 Å². The van der Waals surface area contributed by atoms with Gasteiger partial charge in [0.25, 0.3) is 0 Å². The van der Waals surface area contributed by atoms with Crippen molar-refractivity contribution in [3.63, 3.8) is 0 Å². The van der Waals surface area contributed by atoms with E-state index in [4.69, 9.17) is 17.4 Å². The number of aromatic nitrogens is 2. The summed E-state index contributed by atoms with van der Waals surface area (Å²) in [7, 11) is 1.72. The molecule has 1 atom stereocenters. The predicted octanol–water partition coefficient (Wildman–Crippen LogP) is 2.53. The second-order valence-corrected chi connectivity index (χ2v) is 5.01. The number of nitrogens with two attached hydrogens (primary N) is 1. The molecule has 1 unspecified atom stereocenters. The number of hydrogen-bond donors (Lipinski definition) is 2. The Kier molecular flexibility index (Phi) is 4.01. The van der Waals surface area contributed by atoms with Crippen LogP contribution in [0.25, 0.3) is 0 Å². The largest absolute Gasteiger partial charge is 0.271 e. The Morgan fingerprint density at radius 1 is 1.56 bits per heavy atom. The summed E-state index contributed by atoms with van der Waals surface area (Å²) in [6, 6.07) is 4.44. The van der Waals surface area contributed by atoms with Crippen LogP contribution in [0.3, 0.4) is 0 Å². The Labute approximate surface area is 117 Å². The van der Waals surface area contributed by atoms with Crippen LogP contribution in [-0.4, -0.2) is 9.78 Å². The van der Waals surface area contributed by atoms with E-state index in [1.807, 2.05) is 0 Å². The second-order valence-electron chi connectivity index (χ2n) is 3.74. The normalized spacial score (nSPS) is 12.7. The molecule has 1 aromatic carbocycles. The standard InChI is InChI=1S/C11H11BrClFN4/c1-18-11(8(13)5-16-18)10(17-15)6-3-2-4-7(12)9(6)14/h2-5,10,17H,15H2,1H3. The summed E-state index contributed by atoms with van der Waals surface area (Å²) in [5.74, 6) is 5.14. The SMILES string of the molecule is Cn1ncc(Cl)c1C(NN)c1cccc(Br)c1F. The minimum Gasteiger partial charge on any atom is -0.271 e. The maximum absolute atomic E-state index is 14.1. The third kappa shape index (κ3) is 2.29. The fourth-order valence-electron chi connectivity index (χ4n) is 1.80. The molecule has 2 rings (SSSR count). The molecule has 0 spiro atoms. The van der Waals surface area contributed by atoms with Gasteiger partial charge in [-0.25, -0.2) is 9.82 Å². The highest BCUT2D eigenvalue weighted by Gasteiger charge is 2.23. The zero-order chi connectivity index (χ0) is 13.3. The number of hydrogen-bond acceptors (Lipinski definition) is 3. The van der Waals surface area contributed by atoms with Gasteiger partial charge in [-0.3, -0.25) is 10.5 Å². The van der Waals surface area contributed by atoms with Crippen molar-refractivity contribution in [3.05, 3.63) is 51.0 Å². The molecular formula is C11H11BrClFN4. The zero-order valence-corrected chi connectivity index (χ0v) is 11.8. The van der Waals surface area contributed by atoms with Crippen molar-refractivity contribution in [3.8, 4) is 0 Å². The van der Waals surface area contributed by atoms with E-state index in [2.05, 4.69) is 26.5 Å². The predicted molar refractivity (Wildman–Crippen MR) is 71.5 cm³/mol. The smallest absolute Gasteiger partial charge is 0.142 e. The summed E-state index contributed by atoms with van der Waals surface area (Å²) >= 11 is 9.19. The Hall–Kier alpha value is -0.950. The lowest BCUT2D eigenvalue weighted by atomic mass is 10.0. The van der Waals surface area contributed by atoms with Crippen LogP contribution in [0.1, 0.15) is 17.3 Å². The minimum atomic E-state index is -0.567. The average Bonchev–Trinajstić information content (AvgIpc) is 2.67. The van der Waals surface area contributed by atoms with E-state index in [0.717, 1.165) is 0 Å². The first-order valence-electron chi connectivity index (χ1n) is 5.13. The summed E-state index contributed by atoms with van der Waals surface area (Å²) in [4.78, 5) is 0. The van der Waals surface area contributed by atoms with E-state index in [1.165, 1.54) is 6.20 Å². The Morgan fingerprint density at radius 3 is 2.83 bits per heavy atom. The second kappa shape index (κ2) is 5.36. The first-order chi connectivity index (χ1) is 8.56.